The molecule has 0 atom stereocenters. The van der Waals surface area contributed by atoms with Gasteiger partial charge in [0.1, 0.15) is 16.1 Å². The molecule has 0 spiro atoms. The molecule has 1 aliphatic rings. The monoisotopic (exact) mass is 311 g/mol. The van der Waals surface area contributed by atoms with Gasteiger partial charge in [-0.15, -0.1) is 0 Å². The van der Waals surface area contributed by atoms with Crippen molar-refractivity contribution in [2.45, 2.75) is 25.6 Å². The first-order valence-electron chi connectivity index (χ1n) is 5.54. The number of hydrogen-bond acceptors (Lipinski definition) is 5. The SMILES string of the molecule is O=c1[nH]nc(CO)c2cc(Br)nc(OC3CC3)c12. The smallest absolute Gasteiger partial charge is 0.277 e. The van der Waals surface area contributed by atoms with E-state index in [4.69, 9.17) is 4.74 Å². The molecule has 6 nitrogen and oxygen atoms in total. The van der Waals surface area contributed by atoms with Crippen molar-refractivity contribution in [1.29, 1.82) is 0 Å². The second-order valence-electron chi connectivity index (χ2n) is 4.15. The van der Waals surface area contributed by atoms with Gasteiger partial charge in [-0.1, -0.05) is 0 Å². The Kier molecular flexibility index (Phi) is 2.79. The van der Waals surface area contributed by atoms with Crippen LogP contribution in [0.2, 0.25) is 0 Å². The fourth-order valence-electron chi connectivity index (χ4n) is 1.72. The van der Waals surface area contributed by atoms with Gasteiger partial charge in [-0.3, -0.25) is 4.79 Å². The van der Waals surface area contributed by atoms with Gasteiger partial charge in [0.25, 0.3) is 5.56 Å². The summed E-state index contributed by atoms with van der Waals surface area (Å²) < 4.78 is 6.18. The van der Waals surface area contributed by atoms with Gasteiger partial charge in [-0.25, -0.2) is 10.1 Å². The van der Waals surface area contributed by atoms with Crippen LogP contribution < -0.4 is 10.3 Å². The minimum Gasteiger partial charge on any atom is -0.474 e. The normalized spacial score (nSPS) is 15.0. The fourth-order valence-corrected chi connectivity index (χ4v) is 2.11. The molecule has 1 fully saturated rings. The minimum absolute atomic E-state index is 0.139. The molecule has 0 unspecified atom stereocenters. The second kappa shape index (κ2) is 4.33. The minimum atomic E-state index is -0.363. The molecule has 0 aromatic carbocycles. The van der Waals surface area contributed by atoms with Crippen molar-refractivity contribution < 1.29 is 9.84 Å². The summed E-state index contributed by atoms with van der Waals surface area (Å²) in [6, 6.07) is 1.66. The van der Waals surface area contributed by atoms with Crippen molar-refractivity contribution in [1.82, 2.24) is 15.2 Å². The van der Waals surface area contributed by atoms with E-state index in [1.807, 2.05) is 0 Å². The van der Waals surface area contributed by atoms with Crippen LogP contribution in [0.3, 0.4) is 0 Å². The number of aromatic amines is 1. The largest absolute Gasteiger partial charge is 0.474 e. The highest BCUT2D eigenvalue weighted by molar-refractivity contribution is 9.10. The quantitative estimate of drug-likeness (QED) is 0.829. The maximum absolute atomic E-state index is 11.8. The van der Waals surface area contributed by atoms with Crippen LogP contribution in [-0.4, -0.2) is 26.4 Å². The summed E-state index contributed by atoms with van der Waals surface area (Å²) in [4.78, 5) is 16.0. The Morgan fingerprint density at radius 3 is 3.00 bits per heavy atom. The van der Waals surface area contributed by atoms with E-state index in [9.17, 15) is 9.90 Å². The van der Waals surface area contributed by atoms with E-state index in [1.54, 1.807) is 6.07 Å². The molecule has 1 aliphatic carbocycles. The summed E-state index contributed by atoms with van der Waals surface area (Å²) >= 11 is 3.27. The number of rotatable bonds is 3. The first kappa shape index (κ1) is 11.6. The summed E-state index contributed by atoms with van der Waals surface area (Å²) in [5.74, 6) is 0.292. The Morgan fingerprint density at radius 2 is 2.33 bits per heavy atom. The molecule has 18 heavy (non-hydrogen) atoms. The van der Waals surface area contributed by atoms with Crippen LogP contribution in [0.15, 0.2) is 15.5 Å². The van der Waals surface area contributed by atoms with Gasteiger partial charge in [-0.2, -0.15) is 5.10 Å². The molecule has 0 bridgehead atoms. The lowest BCUT2D eigenvalue weighted by Crippen LogP contribution is -2.14. The standard InChI is InChI=1S/C11H10BrN3O3/c12-8-3-6-7(4-16)14-15-10(17)9(6)11(13-8)18-5-1-2-5/h3,5,16H,1-2,4H2,(H,15,17). The fraction of sp³-hybridized carbons (Fsp3) is 0.364. The van der Waals surface area contributed by atoms with Gasteiger partial charge < -0.3 is 9.84 Å². The molecule has 94 valence electrons. The van der Waals surface area contributed by atoms with Crippen LogP contribution in [0.1, 0.15) is 18.5 Å². The summed E-state index contributed by atoms with van der Waals surface area (Å²) in [6.45, 7) is -0.257. The Morgan fingerprint density at radius 1 is 1.56 bits per heavy atom. The molecule has 2 aromatic heterocycles. The topological polar surface area (TPSA) is 88.1 Å². The van der Waals surface area contributed by atoms with Gasteiger partial charge in [0.15, 0.2) is 0 Å². The van der Waals surface area contributed by atoms with Crippen molar-refractivity contribution in [3.05, 3.63) is 26.7 Å². The number of aliphatic hydroxyl groups is 1. The average molecular weight is 312 g/mol. The number of nitrogens with zero attached hydrogens (tertiary/aromatic N) is 2. The van der Waals surface area contributed by atoms with E-state index in [0.717, 1.165) is 12.8 Å². The zero-order chi connectivity index (χ0) is 12.7. The van der Waals surface area contributed by atoms with Gasteiger partial charge in [0, 0.05) is 5.39 Å². The number of hydrogen-bond donors (Lipinski definition) is 2. The van der Waals surface area contributed by atoms with Crippen LogP contribution in [0.25, 0.3) is 10.8 Å². The van der Waals surface area contributed by atoms with Crippen molar-refractivity contribution in [3.63, 3.8) is 0 Å². The van der Waals surface area contributed by atoms with Crippen LogP contribution in [0, 0.1) is 0 Å². The van der Waals surface area contributed by atoms with Crippen molar-refractivity contribution in [3.8, 4) is 5.88 Å². The number of ether oxygens (including phenoxy) is 1. The van der Waals surface area contributed by atoms with Gasteiger partial charge in [0.2, 0.25) is 5.88 Å². The third-order valence-electron chi connectivity index (χ3n) is 2.74. The molecule has 3 rings (SSSR count). The van der Waals surface area contributed by atoms with Crippen molar-refractivity contribution in [2.24, 2.45) is 0 Å². The molecule has 0 saturated heterocycles. The lowest BCUT2D eigenvalue weighted by atomic mass is 10.2. The molecular formula is C11H10BrN3O3. The summed E-state index contributed by atoms with van der Waals surface area (Å²) in [6.07, 6.45) is 2.09. The summed E-state index contributed by atoms with van der Waals surface area (Å²) in [5.41, 5.74) is 0.0335. The predicted octanol–water partition coefficient (Wildman–Crippen LogP) is 1.11. The lowest BCUT2D eigenvalue weighted by Gasteiger charge is -2.08. The van der Waals surface area contributed by atoms with E-state index < -0.39 is 0 Å². The second-order valence-corrected chi connectivity index (χ2v) is 4.96. The van der Waals surface area contributed by atoms with E-state index >= 15 is 0 Å². The van der Waals surface area contributed by atoms with Gasteiger partial charge in [-0.05, 0) is 34.8 Å². The zero-order valence-electron chi connectivity index (χ0n) is 9.31. The van der Waals surface area contributed by atoms with Crippen molar-refractivity contribution in [2.75, 3.05) is 0 Å². The average Bonchev–Trinajstić information content (AvgIpc) is 3.13. The van der Waals surface area contributed by atoms with Gasteiger partial charge in [0.05, 0.1) is 12.3 Å². The van der Waals surface area contributed by atoms with E-state index in [2.05, 4.69) is 31.1 Å². The van der Waals surface area contributed by atoms with Gasteiger partial charge >= 0.3 is 0 Å². The third kappa shape index (κ3) is 1.99. The predicted molar refractivity (Wildman–Crippen MR) is 67.4 cm³/mol. The number of nitrogens with one attached hydrogen (secondary N) is 1. The first-order valence-corrected chi connectivity index (χ1v) is 6.33. The maximum Gasteiger partial charge on any atom is 0.277 e. The highest BCUT2D eigenvalue weighted by Gasteiger charge is 2.26. The van der Waals surface area contributed by atoms with Crippen LogP contribution in [0.5, 0.6) is 5.88 Å². The highest BCUT2D eigenvalue weighted by atomic mass is 79.9. The van der Waals surface area contributed by atoms with E-state index in [0.29, 0.717) is 26.9 Å². The number of halogens is 1. The van der Waals surface area contributed by atoms with E-state index in [-0.39, 0.29) is 18.3 Å². The zero-order valence-corrected chi connectivity index (χ0v) is 10.9. The number of aromatic nitrogens is 3. The number of pyridine rings is 1. The summed E-state index contributed by atoms with van der Waals surface area (Å²) in [7, 11) is 0. The number of H-pyrrole nitrogens is 1. The Labute approximate surface area is 110 Å². The molecule has 2 heterocycles. The Balaban J connectivity index is 2.29. The first-order chi connectivity index (χ1) is 8.69. The lowest BCUT2D eigenvalue weighted by molar-refractivity contribution is 0.276. The number of aliphatic hydroxyl groups excluding tert-OH is 1. The molecule has 0 amide bonds. The molecular weight excluding hydrogens is 302 g/mol. The van der Waals surface area contributed by atoms with Crippen LogP contribution in [-0.2, 0) is 6.61 Å². The third-order valence-corrected chi connectivity index (χ3v) is 3.14. The highest BCUT2D eigenvalue weighted by Crippen LogP contribution is 2.31. The summed E-state index contributed by atoms with van der Waals surface area (Å²) in [5, 5.41) is 16.3. The molecule has 0 radical (unpaired) electrons. The molecule has 2 N–H and O–H groups in total. The molecule has 2 aromatic rings. The Bertz CT molecular complexity index is 666. The number of fused-ring (bicyclic) bond motifs is 1. The Hall–Kier alpha value is -1.47. The molecule has 7 heteroatoms. The maximum atomic E-state index is 11.8. The van der Waals surface area contributed by atoms with Crippen LogP contribution in [0.4, 0.5) is 0 Å². The van der Waals surface area contributed by atoms with Crippen molar-refractivity contribution >= 4 is 26.7 Å². The molecule has 0 aliphatic heterocycles. The van der Waals surface area contributed by atoms with Crippen LogP contribution >= 0.6 is 15.9 Å². The van der Waals surface area contributed by atoms with E-state index in [1.165, 1.54) is 0 Å². The molecule has 1 saturated carbocycles.